The minimum Gasteiger partial charge on any atom is -0.496 e. The van der Waals surface area contributed by atoms with E-state index in [1.165, 1.54) is 24.8 Å². The predicted octanol–water partition coefficient (Wildman–Crippen LogP) is 7.48. The zero-order valence-electron chi connectivity index (χ0n) is 28.6. The lowest BCUT2D eigenvalue weighted by molar-refractivity contribution is 0.263. The van der Waals surface area contributed by atoms with Gasteiger partial charge < -0.3 is 23.9 Å². The molecule has 2 fully saturated rings. The summed E-state index contributed by atoms with van der Waals surface area (Å²) in [7, 11) is -0.179. The number of aryl methyl sites for hydroxylation is 2. The molecule has 1 N–H and O–H groups in total. The van der Waals surface area contributed by atoms with Crippen LogP contribution in [0, 0.1) is 26.7 Å². The summed E-state index contributed by atoms with van der Waals surface area (Å²) in [6.45, 7) is 20.4. The maximum absolute atomic E-state index is 6.75. The van der Waals surface area contributed by atoms with Gasteiger partial charge in [0, 0.05) is 19.2 Å². The van der Waals surface area contributed by atoms with Crippen molar-refractivity contribution < 1.29 is 9.16 Å². The SMILES string of the molecule is COc1cc(-n2cnc(Nc3nc(N4CCC[C@H]4CO[Si](C)(C)C(C)(C)C)c4c(C)nn(CC5CCC5)c4n3)c2)cc(C)c1C. The summed E-state index contributed by atoms with van der Waals surface area (Å²) < 4.78 is 16.5. The lowest BCUT2D eigenvalue weighted by Gasteiger charge is -2.38. The molecular weight excluding hydrogens is 581 g/mol. The molecule has 1 saturated carbocycles. The lowest BCUT2D eigenvalue weighted by Crippen LogP contribution is -2.45. The maximum atomic E-state index is 6.75. The van der Waals surface area contributed by atoms with Gasteiger partial charge in [-0.1, -0.05) is 27.2 Å². The number of aromatic nitrogens is 6. The monoisotopic (exact) mass is 630 g/mol. The van der Waals surface area contributed by atoms with Gasteiger partial charge in [0.25, 0.3) is 0 Å². The Hall–Kier alpha value is -3.44. The standard InChI is InChI=1S/C34H50N8O2Si/c1-22-16-27(17-28(43-7)23(22)2)40-19-29(35-21-40)36-33-37-31(30-24(3)39-42(32(30)38-33)18-25-12-10-13-25)41-15-11-14-26(41)20-44-45(8,9)34(4,5)6/h16-17,19,21,25-26H,10-15,18,20H2,1-9H3,(H,36,37,38)/t26-/m0/s1. The van der Waals surface area contributed by atoms with E-state index in [9.17, 15) is 0 Å². The van der Waals surface area contributed by atoms with Crippen molar-refractivity contribution in [2.75, 3.05) is 30.5 Å². The van der Waals surface area contributed by atoms with Crippen molar-refractivity contribution in [1.82, 2.24) is 29.3 Å². The van der Waals surface area contributed by atoms with Gasteiger partial charge in [-0.15, -0.1) is 0 Å². The van der Waals surface area contributed by atoms with E-state index in [-0.39, 0.29) is 11.1 Å². The van der Waals surface area contributed by atoms with Crippen molar-refractivity contribution in [2.45, 2.75) is 104 Å². The summed E-state index contributed by atoms with van der Waals surface area (Å²) >= 11 is 0. The Bertz CT molecular complexity index is 1680. The highest BCUT2D eigenvalue weighted by Crippen LogP contribution is 2.39. The first-order chi connectivity index (χ1) is 21.3. The fourth-order valence-corrected chi connectivity index (χ4v) is 7.20. The Morgan fingerprint density at radius 1 is 1.04 bits per heavy atom. The molecule has 4 aromatic rings. The summed E-state index contributed by atoms with van der Waals surface area (Å²) in [5.74, 6) is 3.68. The molecule has 0 spiro atoms. The summed E-state index contributed by atoms with van der Waals surface area (Å²) in [6, 6.07) is 4.44. The Morgan fingerprint density at radius 2 is 1.82 bits per heavy atom. The summed E-state index contributed by atoms with van der Waals surface area (Å²) in [5, 5.41) is 9.66. The predicted molar refractivity (Wildman–Crippen MR) is 184 cm³/mol. The third kappa shape index (κ3) is 6.21. The van der Waals surface area contributed by atoms with Crippen LogP contribution in [-0.2, 0) is 11.0 Å². The fourth-order valence-electron chi connectivity index (χ4n) is 6.16. The zero-order valence-corrected chi connectivity index (χ0v) is 29.6. The molecule has 11 heteroatoms. The van der Waals surface area contributed by atoms with Crippen molar-refractivity contribution in [1.29, 1.82) is 0 Å². The molecule has 1 saturated heterocycles. The van der Waals surface area contributed by atoms with E-state index in [0.717, 1.165) is 65.5 Å². The second-order valence-corrected chi connectivity index (χ2v) is 19.4. The van der Waals surface area contributed by atoms with Gasteiger partial charge in [-0.3, -0.25) is 0 Å². The first-order valence-electron chi connectivity index (χ1n) is 16.5. The average molecular weight is 631 g/mol. The van der Waals surface area contributed by atoms with E-state index < -0.39 is 8.32 Å². The van der Waals surface area contributed by atoms with Gasteiger partial charge in [-0.2, -0.15) is 15.1 Å². The van der Waals surface area contributed by atoms with E-state index in [0.29, 0.717) is 24.3 Å². The van der Waals surface area contributed by atoms with E-state index in [1.54, 1.807) is 7.11 Å². The van der Waals surface area contributed by atoms with Crippen molar-refractivity contribution >= 4 is 36.9 Å². The highest BCUT2D eigenvalue weighted by atomic mass is 28.4. The quantitative estimate of drug-likeness (QED) is 0.180. The van der Waals surface area contributed by atoms with E-state index in [4.69, 9.17) is 24.2 Å². The summed E-state index contributed by atoms with van der Waals surface area (Å²) in [4.78, 5) is 17.4. The average Bonchev–Trinajstić information content (AvgIpc) is 3.69. The highest BCUT2D eigenvalue weighted by molar-refractivity contribution is 6.74. The minimum absolute atomic E-state index is 0.167. The third-order valence-corrected chi connectivity index (χ3v) is 14.9. The number of nitrogens with zero attached hydrogens (tertiary/aromatic N) is 7. The first kappa shape index (κ1) is 31.5. The van der Waals surface area contributed by atoms with Gasteiger partial charge >= 0.3 is 0 Å². The molecule has 1 atom stereocenters. The number of methoxy groups -OCH3 is 1. The Labute approximate surface area is 268 Å². The molecule has 1 aliphatic heterocycles. The number of benzene rings is 1. The van der Waals surface area contributed by atoms with Gasteiger partial charge in [0.05, 0.1) is 42.7 Å². The largest absolute Gasteiger partial charge is 0.496 e. The molecule has 1 aliphatic carbocycles. The number of imidazole rings is 1. The van der Waals surface area contributed by atoms with Gasteiger partial charge in [0.1, 0.15) is 17.9 Å². The van der Waals surface area contributed by atoms with Crippen LogP contribution in [0.4, 0.5) is 17.6 Å². The number of ether oxygens (including phenoxy) is 1. The molecule has 0 radical (unpaired) electrons. The normalized spacial score (nSPS) is 17.7. The number of fused-ring (bicyclic) bond motifs is 1. The van der Waals surface area contributed by atoms with Gasteiger partial charge in [0.2, 0.25) is 5.95 Å². The van der Waals surface area contributed by atoms with Gasteiger partial charge in [-0.05, 0) is 87.7 Å². The smallest absolute Gasteiger partial charge is 0.232 e. The van der Waals surface area contributed by atoms with Crippen LogP contribution >= 0.6 is 0 Å². The molecule has 6 rings (SSSR count). The molecular formula is C34H50N8O2Si. The number of hydrogen-bond acceptors (Lipinski definition) is 8. The molecule has 1 aromatic carbocycles. The molecule has 0 amide bonds. The number of anilines is 3. The van der Waals surface area contributed by atoms with Crippen LogP contribution in [0.2, 0.25) is 18.1 Å². The molecule has 10 nitrogen and oxygen atoms in total. The number of nitrogens with one attached hydrogen (secondary N) is 1. The van der Waals surface area contributed by atoms with Crippen molar-refractivity contribution in [2.24, 2.45) is 5.92 Å². The Morgan fingerprint density at radius 3 is 2.51 bits per heavy atom. The van der Waals surface area contributed by atoms with Gasteiger partial charge in [0.15, 0.2) is 19.8 Å². The second kappa shape index (κ2) is 12.1. The van der Waals surface area contributed by atoms with E-state index in [1.807, 2.05) is 23.2 Å². The zero-order chi connectivity index (χ0) is 32.1. The maximum Gasteiger partial charge on any atom is 0.232 e. The summed E-state index contributed by atoms with van der Waals surface area (Å²) in [6.07, 6.45) is 9.78. The van der Waals surface area contributed by atoms with Crippen LogP contribution in [0.25, 0.3) is 16.7 Å². The van der Waals surface area contributed by atoms with Gasteiger partial charge in [-0.25, -0.2) is 9.67 Å². The first-order valence-corrected chi connectivity index (χ1v) is 19.4. The lowest BCUT2D eigenvalue weighted by atomic mass is 9.85. The van der Waals surface area contributed by atoms with Crippen molar-refractivity contribution in [3.05, 3.63) is 41.5 Å². The molecule has 2 aliphatic rings. The Kier molecular flexibility index (Phi) is 8.45. The van der Waals surface area contributed by atoms with Crippen LogP contribution in [-0.4, -0.2) is 63.9 Å². The van der Waals surface area contributed by atoms with Crippen LogP contribution in [0.15, 0.2) is 24.7 Å². The topological polar surface area (TPSA) is 95.1 Å². The Balaban J connectivity index is 1.35. The highest BCUT2D eigenvalue weighted by Gasteiger charge is 2.39. The van der Waals surface area contributed by atoms with Crippen molar-refractivity contribution in [3.63, 3.8) is 0 Å². The van der Waals surface area contributed by atoms with Crippen molar-refractivity contribution in [3.8, 4) is 11.4 Å². The second-order valence-electron chi connectivity index (χ2n) is 14.6. The third-order valence-electron chi connectivity index (χ3n) is 10.4. The fraction of sp³-hybridized carbons (Fsp3) is 0.588. The number of hydrogen-bond donors (Lipinski definition) is 1. The molecule has 45 heavy (non-hydrogen) atoms. The molecule has 242 valence electrons. The number of rotatable bonds is 10. The molecule has 4 heterocycles. The van der Waals surface area contributed by atoms with Crippen LogP contribution in [0.3, 0.4) is 0 Å². The summed E-state index contributed by atoms with van der Waals surface area (Å²) in [5.41, 5.74) is 5.16. The molecule has 0 unspecified atom stereocenters. The molecule has 0 bridgehead atoms. The molecule has 3 aromatic heterocycles. The minimum atomic E-state index is -1.89. The van der Waals surface area contributed by atoms with E-state index >= 15 is 0 Å². The van der Waals surface area contributed by atoms with Crippen LogP contribution in [0.1, 0.15) is 69.7 Å². The van der Waals surface area contributed by atoms with Crippen LogP contribution in [0.5, 0.6) is 5.75 Å². The van der Waals surface area contributed by atoms with E-state index in [2.05, 4.69) is 80.6 Å². The van der Waals surface area contributed by atoms with Crippen LogP contribution < -0.4 is 15.0 Å².